The van der Waals surface area contributed by atoms with E-state index in [1.165, 1.54) is 25.7 Å². The summed E-state index contributed by atoms with van der Waals surface area (Å²) in [7, 11) is 0. The molecular formula is C15H20. The summed E-state index contributed by atoms with van der Waals surface area (Å²) in [5.74, 6) is 1.77. The lowest BCUT2D eigenvalue weighted by Crippen LogP contribution is -2.27. The van der Waals surface area contributed by atoms with E-state index in [9.17, 15) is 0 Å². The van der Waals surface area contributed by atoms with Crippen LogP contribution >= 0.6 is 0 Å². The van der Waals surface area contributed by atoms with Crippen LogP contribution in [0.1, 0.15) is 56.6 Å². The van der Waals surface area contributed by atoms with Gasteiger partial charge in [-0.15, -0.1) is 0 Å². The number of hydrogen-bond acceptors (Lipinski definition) is 0. The topological polar surface area (TPSA) is 0 Å². The van der Waals surface area contributed by atoms with Crippen molar-refractivity contribution in [1.29, 1.82) is 0 Å². The van der Waals surface area contributed by atoms with Gasteiger partial charge >= 0.3 is 0 Å². The summed E-state index contributed by atoms with van der Waals surface area (Å²) in [6.45, 7) is 4.89. The maximum absolute atomic E-state index is 2.45. The summed E-state index contributed by atoms with van der Waals surface area (Å²) >= 11 is 0. The summed E-state index contributed by atoms with van der Waals surface area (Å²) in [5, 5.41) is 0. The van der Waals surface area contributed by atoms with E-state index in [1.807, 2.05) is 0 Å². The number of hydrogen-bond donors (Lipinski definition) is 0. The second-order valence-corrected chi connectivity index (χ2v) is 5.81. The highest BCUT2D eigenvalue weighted by atomic mass is 14.5. The van der Waals surface area contributed by atoms with E-state index < -0.39 is 0 Å². The molecule has 1 fully saturated rings. The van der Waals surface area contributed by atoms with Crippen molar-refractivity contribution in [2.45, 2.75) is 50.9 Å². The monoisotopic (exact) mass is 200 g/mol. The van der Waals surface area contributed by atoms with Crippen molar-refractivity contribution in [2.75, 3.05) is 0 Å². The van der Waals surface area contributed by atoms with Crippen LogP contribution in [0.5, 0.6) is 0 Å². The summed E-state index contributed by atoms with van der Waals surface area (Å²) in [6.07, 6.45) is 5.74. The van der Waals surface area contributed by atoms with Crippen molar-refractivity contribution in [3.8, 4) is 0 Å². The smallest absolute Gasteiger partial charge is 0.00667 e. The van der Waals surface area contributed by atoms with Gasteiger partial charge in [0.05, 0.1) is 0 Å². The Morgan fingerprint density at radius 2 is 1.80 bits per heavy atom. The van der Waals surface area contributed by atoms with Gasteiger partial charge in [-0.2, -0.15) is 0 Å². The first-order valence-electron chi connectivity index (χ1n) is 6.30. The Morgan fingerprint density at radius 3 is 2.67 bits per heavy atom. The molecule has 2 atom stereocenters. The molecule has 0 aromatic heterocycles. The lowest BCUT2D eigenvalue weighted by Gasteiger charge is -2.34. The van der Waals surface area contributed by atoms with Crippen LogP contribution in [-0.2, 0) is 5.41 Å². The summed E-state index contributed by atoms with van der Waals surface area (Å²) in [5.41, 5.74) is 3.70. The lowest BCUT2D eigenvalue weighted by atomic mass is 9.70. The quantitative estimate of drug-likeness (QED) is 0.587. The zero-order valence-corrected chi connectivity index (χ0v) is 9.79. The minimum absolute atomic E-state index is 0.418. The molecule has 2 aliphatic rings. The van der Waals surface area contributed by atoms with Crippen LogP contribution in [0.2, 0.25) is 0 Å². The van der Waals surface area contributed by atoms with Gasteiger partial charge in [0.1, 0.15) is 0 Å². The molecule has 0 spiro atoms. The van der Waals surface area contributed by atoms with Crippen molar-refractivity contribution in [3.05, 3.63) is 35.4 Å². The fourth-order valence-corrected chi connectivity index (χ4v) is 3.97. The Labute approximate surface area is 92.7 Å². The lowest BCUT2D eigenvalue weighted by molar-refractivity contribution is 0.233. The third kappa shape index (κ3) is 1.20. The van der Waals surface area contributed by atoms with E-state index in [0.717, 1.165) is 11.8 Å². The molecule has 3 rings (SSSR count). The molecule has 1 aromatic rings. The van der Waals surface area contributed by atoms with E-state index in [2.05, 4.69) is 38.1 Å². The highest BCUT2D eigenvalue weighted by molar-refractivity contribution is 5.43. The molecular weight excluding hydrogens is 180 g/mol. The molecule has 0 heteroatoms. The van der Waals surface area contributed by atoms with Crippen LogP contribution in [0.4, 0.5) is 0 Å². The van der Waals surface area contributed by atoms with Gasteiger partial charge in [-0.3, -0.25) is 0 Å². The molecule has 0 amide bonds. The molecule has 0 nitrogen and oxygen atoms in total. The van der Waals surface area contributed by atoms with Crippen LogP contribution in [0.15, 0.2) is 24.3 Å². The maximum atomic E-state index is 2.45. The van der Waals surface area contributed by atoms with Crippen molar-refractivity contribution >= 4 is 0 Å². The standard InChI is InChI=1S/C15H20/c1-15(2)13-9-5-3-7-11(13)12-8-4-6-10-14(12)15/h3,5,7,9,12,14H,4,6,8,10H2,1-2H3/t12-,14?/m1/s1. The van der Waals surface area contributed by atoms with Crippen LogP contribution < -0.4 is 0 Å². The van der Waals surface area contributed by atoms with Crippen LogP contribution in [0, 0.1) is 5.92 Å². The minimum Gasteiger partial charge on any atom is -0.0620 e. The summed E-state index contributed by atoms with van der Waals surface area (Å²) < 4.78 is 0. The molecule has 0 radical (unpaired) electrons. The van der Waals surface area contributed by atoms with Crippen LogP contribution in [0.25, 0.3) is 0 Å². The molecule has 0 aliphatic heterocycles. The average molecular weight is 200 g/mol. The van der Waals surface area contributed by atoms with Gasteiger partial charge in [0.25, 0.3) is 0 Å². The molecule has 1 aromatic carbocycles. The van der Waals surface area contributed by atoms with Gasteiger partial charge < -0.3 is 0 Å². The zero-order chi connectivity index (χ0) is 10.5. The van der Waals surface area contributed by atoms with Crippen LogP contribution in [0.3, 0.4) is 0 Å². The fraction of sp³-hybridized carbons (Fsp3) is 0.600. The van der Waals surface area contributed by atoms with Crippen LogP contribution in [-0.4, -0.2) is 0 Å². The van der Waals surface area contributed by atoms with Gasteiger partial charge in [0.15, 0.2) is 0 Å². The maximum Gasteiger partial charge on any atom is -0.00667 e. The second-order valence-electron chi connectivity index (χ2n) is 5.81. The molecule has 0 heterocycles. The van der Waals surface area contributed by atoms with E-state index in [0.29, 0.717) is 5.41 Å². The first kappa shape index (κ1) is 9.45. The predicted molar refractivity (Wildman–Crippen MR) is 64.2 cm³/mol. The molecule has 0 N–H and O–H groups in total. The van der Waals surface area contributed by atoms with E-state index >= 15 is 0 Å². The van der Waals surface area contributed by atoms with Gasteiger partial charge in [-0.05, 0) is 41.2 Å². The highest BCUT2D eigenvalue weighted by Crippen LogP contribution is 2.55. The Bertz CT molecular complexity index is 375. The SMILES string of the molecule is CC1(C)c2ccccc2[C@H]2CCCCC21. The number of fused-ring (bicyclic) bond motifs is 3. The summed E-state index contributed by atoms with van der Waals surface area (Å²) in [4.78, 5) is 0. The van der Waals surface area contributed by atoms with Gasteiger partial charge in [-0.25, -0.2) is 0 Å². The molecule has 15 heavy (non-hydrogen) atoms. The van der Waals surface area contributed by atoms with E-state index in [-0.39, 0.29) is 0 Å². The largest absolute Gasteiger partial charge is 0.0620 e. The molecule has 1 unspecified atom stereocenters. The third-order valence-corrected chi connectivity index (χ3v) is 4.75. The Morgan fingerprint density at radius 1 is 1.07 bits per heavy atom. The van der Waals surface area contributed by atoms with E-state index in [4.69, 9.17) is 0 Å². The molecule has 80 valence electrons. The average Bonchev–Trinajstić information content (AvgIpc) is 2.51. The van der Waals surface area contributed by atoms with Crippen molar-refractivity contribution in [1.82, 2.24) is 0 Å². The van der Waals surface area contributed by atoms with Gasteiger partial charge in [0, 0.05) is 0 Å². The Hall–Kier alpha value is -0.780. The molecule has 2 aliphatic carbocycles. The van der Waals surface area contributed by atoms with Crippen molar-refractivity contribution in [3.63, 3.8) is 0 Å². The number of rotatable bonds is 0. The summed E-state index contributed by atoms with van der Waals surface area (Å²) in [6, 6.07) is 9.14. The van der Waals surface area contributed by atoms with E-state index in [1.54, 1.807) is 11.1 Å². The molecule has 0 saturated heterocycles. The highest BCUT2D eigenvalue weighted by Gasteiger charge is 2.46. The Balaban J connectivity index is 2.13. The second kappa shape index (κ2) is 3.10. The van der Waals surface area contributed by atoms with Gasteiger partial charge in [0.2, 0.25) is 0 Å². The first-order valence-corrected chi connectivity index (χ1v) is 6.30. The molecule has 0 bridgehead atoms. The normalized spacial score (nSPS) is 32.1. The van der Waals surface area contributed by atoms with Gasteiger partial charge in [-0.1, -0.05) is 51.0 Å². The predicted octanol–water partition coefficient (Wildman–Crippen LogP) is 4.25. The first-order chi connectivity index (χ1) is 7.21. The Kier molecular flexibility index (Phi) is 1.95. The number of benzene rings is 1. The minimum atomic E-state index is 0.418. The third-order valence-electron chi connectivity index (χ3n) is 4.75. The fourth-order valence-electron chi connectivity index (χ4n) is 3.97. The van der Waals surface area contributed by atoms with Crippen molar-refractivity contribution in [2.24, 2.45) is 5.92 Å². The molecule has 1 saturated carbocycles. The van der Waals surface area contributed by atoms with Crippen molar-refractivity contribution < 1.29 is 0 Å². The zero-order valence-electron chi connectivity index (χ0n) is 9.79.